The number of hydrogen-bond acceptors (Lipinski definition) is 6. The van der Waals surface area contributed by atoms with Crippen LogP contribution in [0.2, 0.25) is 5.02 Å². The molecule has 2 fully saturated rings. The number of hydrogen-bond donors (Lipinski definition) is 1. The lowest BCUT2D eigenvalue weighted by Gasteiger charge is -2.58. The zero-order valence-corrected chi connectivity index (χ0v) is 24.5. The molecule has 1 N–H and O–H groups in total. The fraction of sp³-hybridized carbons (Fsp3) is 0.387. The van der Waals surface area contributed by atoms with Crippen molar-refractivity contribution in [3.63, 3.8) is 0 Å². The van der Waals surface area contributed by atoms with Gasteiger partial charge in [0.1, 0.15) is 11.9 Å². The molecule has 1 spiro atoms. The zero-order valence-electron chi connectivity index (χ0n) is 23.7. The summed E-state index contributed by atoms with van der Waals surface area (Å²) >= 11 is 6.09. The molecule has 4 heterocycles. The summed E-state index contributed by atoms with van der Waals surface area (Å²) in [5, 5.41) is 2.75. The van der Waals surface area contributed by atoms with Crippen molar-refractivity contribution in [1.82, 2.24) is 20.2 Å². The Morgan fingerprint density at radius 2 is 1.90 bits per heavy atom. The van der Waals surface area contributed by atoms with Crippen molar-refractivity contribution in [2.45, 2.75) is 45.2 Å². The molecule has 0 radical (unpaired) electrons. The molecule has 42 heavy (non-hydrogen) atoms. The highest BCUT2D eigenvalue weighted by Crippen LogP contribution is 2.57. The SMILES string of the molecule is CC[C@H](C)[C@H](NC(=O)N1CCC2(CC1)C(=O)N(c1ccc(F)c(Cl)c1)C2c1ccc(-c2cccnc2)cn1)C(=O)OC. The number of carbonyl (C=O) groups excluding carboxylic acids is 3. The lowest BCUT2D eigenvalue weighted by Crippen LogP contribution is -2.67. The van der Waals surface area contributed by atoms with Gasteiger partial charge in [-0.25, -0.2) is 14.0 Å². The van der Waals surface area contributed by atoms with Gasteiger partial charge in [0, 0.05) is 48.5 Å². The number of nitrogens with one attached hydrogen (secondary N) is 1. The van der Waals surface area contributed by atoms with Crippen LogP contribution in [-0.4, -0.2) is 59.0 Å². The molecule has 220 valence electrons. The molecule has 11 heteroatoms. The first kappa shape index (κ1) is 29.4. The summed E-state index contributed by atoms with van der Waals surface area (Å²) in [7, 11) is 1.30. The third-order valence-corrected chi connectivity index (χ3v) is 8.85. The highest BCUT2D eigenvalue weighted by molar-refractivity contribution is 6.31. The van der Waals surface area contributed by atoms with Gasteiger partial charge in [0.25, 0.3) is 0 Å². The van der Waals surface area contributed by atoms with Crippen LogP contribution in [0.1, 0.15) is 44.8 Å². The van der Waals surface area contributed by atoms with Gasteiger partial charge < -0.3 is 19.9 Å². The summed E-state index contributed by atoms with van der Waals surface area (Å²) in [4.78, 5) is 51.5. The standard InChI is InChI=1S/C31H33ClFN5O4/c1-4-19(2)26(28(39)42-3)36-30(41)37-14-11-31(12-15-37)27(38(29(31)40)22-8-9-24(33)23(32)16-22)25-10-7-21(18-35-25)20-6-5-13-34-17-20/h5-10,13,16-19,26-27H,4,11-12,14-15H2,1-3H3,(H,36,41)/t19-,26-,27?/m0/s1. The second-order valence-corrected chi connectivity index (χ2v) is 11.3. The van der Waals surface area contributed by atoms with Crippen molar-refractivity contribution >= 4 is 35.2 Å². The number of piperidine rings is 1. The van der Waals surface area contributed by atoms with E-state index in [4.69, 9.17) is 21.3 Å². The molecule has 1 unspecified atom stereocenters. The van der Waals surface area contributed by atoms with Crippen LogP contribution in [0.3, 0.4) is 0 Å². The molecule has 2 aliphatic heterocycles. The van der Waals surface area contributed by atoms with Gasteiger partial charge in [-0.3, -0.25) is 14.8 Å². The Labute approximate surface area is 249 Å². The van der Waals surface area contributed by atoms with E-state index in [-0.39, 0.29) is 22.9 Å². The van der Waals surface area contributed by atoms with E-state index in [1.165, 1.54) is 25.3 Å². The van der Waals surface area contributed by atoms with Crippen LogP contribution < -0.4 is 10.2 Å². The first-order chi connectivity index (χ1) is 20.2. The molecule has 0 aliphatic carbocycles. The van der Waals surface area contributed by atoms with Crippen LogP contribution >= 0.6 is 11.6 Å². The van der Waals surface area contributed by atoms with E-state index >= 15 is 0 Å². The fourth-order valence-electron chi connectivity index (χ4n) is 5.86. The Balaban J connectivity index is 1.40. The van der Waals surface area contributed by atoms with Gasteiger partial charge in [0.05, 0.1) is 29.3 Å². The Bertz CT molecular complexity index is 1460. The summed E-state index contributed by atoms with van der Waals surface area (Å²) in [5.41, 5.74) is 2.16. The predicted molar refractivity (Wildman–Crippen MR) is 156 cm³/mol. The number of pyridine rings is 2. The van der Waals surface area contributed by atoms with Crippen LogP contribution in [0.5, 0.6) is 0 Å². The number of nitrogens with zero attached hydrogens (tertiary/aromatic N) is 4. The molecule has 0 bridgehead atoms. The summed E-state index contributed by atoms with van der Waals surface area (Å²) in [6.07, 6.45) is 6.69. The van der Waals surface area contributed by atoms with Gasteiger partial charge >= 0.3 is 12.0 Å². The number of aromatic nitrogens is 2. The summed E-state index contributed by atoms with van der Waals surface area (Å²) in [6.45, 7) is 4.45. The van der Waals surface area contributed by atoms with Crippen molar-refractivity contribution < 1.29 is 23.5 Å². The molecule has 5 rings (SSSR count). The van der Waals surface area contributed by atoms with Gasteiger partial charge in [0.15, 0.2) is 0 Å². The minimum absolute atomic E-state index is 0.0761. The van der Waals surface area contributed by atoms with Crippen LogP contribution in [0, 0.1) is 17.2 Å². The monoisotopic (exact) mass is 593 g/mol. The van der Waals surface area contributed by atoms with E-state index < -0.39 is 29.3 Å². The second kappa shape index (κ2) is 12.1. The molecule has 0 saturated carbocycles. The third-order valence-electron chi connectivity index (χ3n) is 8.56. The topological polar surface area (TPSA) is 105 Å². The number of urea groups is 1. The number of esters is 1. The lowest BCUT2D eigenvalue weighted by atomic mass is 9.63. The number of rotatable bonds is 7. The van der Waals surface area contributed by atoms with E-state index in [1.54, 1.807) is 28.4 Å². The Morgan fingerprint density at radius 1 is 1.17 bits per heavy atom. The zero-order chi connectivity index (χ0) is 30.0. The molecular weight excluding hydrogens is 561 g/mol. The minimum atomic E-state index is -0.807. The van der Waals surface area contributed by atoms with Crippen LogP contribution in [0.25, 0.3) is 11.1 Å². The van der Waals surface area contributed by atoms with Crippen molar-refractivity contribution in [2.24, 2.45) is 11.3 Å². The van der Waals surface area contributed by atoms with E-state index in [0.29, 0.717) is 43.7 Å². The van der Waals surface area contributed by atoms with Crippen molar-refractivity contribution in [2.75, 3.05) is 25.1 Å². The molecule has 2 aliphatic rings. The quantitative estimate of drug-likeness (QED) is 0.290. The van der Waals surface area contributed by atoms with E-state index in [0.717, 1.165) is 11.1 Å². The number of halogens is 2. The first-order valence-corrected chi connectivity index (χ1v) is 14.4. The van der Waals surface area contributed by atoms with E-state index in [1.807, 2.05) is 38.1 Å². The van der Waals surface area contributed by atoms with Crippen LogP contribution in [0.15, 0.2) is 61.1 Å². The molecule has 3 aromatic rings. The number of methoxy groups -OCH3 is 1. The molecule has 3 atom stereocenters. The Kier molecular flexibility index (Phi) is 8.45. The smallest absolute Gasteiger partial charge is 0.328 e. The molecule has 3 amide bonds. The largest absolute Gasteiger partial charge is 0.467 e. The minimum Gasteiger partial charge on any atom is -0.467 e. The van der Waals surface area contributed by atoms with Crippen molar-refractivity contribution in [3.8, 4) is 11.1 Å². The summed E-state index contributed by atoms with van der Waals surface area (Å²) in [5.74, 6) is -1.29. The molecule has 2 aromatic heterocycles. The van der Waals surface area contributed by atoms with Gasteiger partial charge in [-0.15, -0.1) is 0 Å². The molecule has 2 saturated heterocycles. The lowest BCUT2D eigenvalue weighted by molar-refractivity contribution is -0.144. The van der Waals surface area contributed by atoms with Crippen LogP contribution in [-0.2, 0) is 14.3 Å². The number of carbonyl (C=O) groups is 3. The number of ether oxygens (including phenoxy) is 1. The van der Waals surface area contributed by atoms with Gasteiger partial charge in [-0.05, 0) is 49.1 Å². The fourth-order valence-corrected chi connectivity index (χ4v) is 6.03. The Morgan fingerprint density at radius 3 is 2.50 bits per heavy atom. The number of amides is 3. The van der Waals surface area contributed by atoms with Crippen LogP contribution in [0.4, 0.5) is 14.9 Å². The van der Waals surface area contributed by atoms with E-state index in [2.05, 4.69) is 10.3 Å². The first-order valence-electron chi connectivity index (χ1n) is 14.0. The molecule has 9 nitrogen and oxygen atoms in total. The van der Waals surface area contributed by atoms with Gasteiger partial charge in [-0.2, -0.15) is 0 Å². The molecule has 1 aromatic carbocycles. The normalized spacial score (nSPS) is 19.2. The number of β-lactam (4-membered cyclic amide) rings is 1. The van der Waals surface area contributed by atoms with Gasteiger partial charge in [-0.1, -0.05) is 44.0 Å². The average Bonchev–Trinajstić information content (AvgIpc) is 3.03. The Hall–Kier alpha value is -4.05. The third kappa shape index (κ3) is 5.31. The highest BCUT2D eigenvalue weighted by Gasteiger charge is 2.63. The second-order valence-electron chi connectivity index (χ2n) is 10.9. The van der Waals surface area contributed by atoms with Crippen molar-refractivity contribution in [1.29, 1.82) is 0 Å². The van der Waals surface area contributed by atoms with E-state index in [9.17, 15) is 18.8 Å². The maximum atomic E-state index is 14.0. The summed E-state index contributed by atoms with van der Waals surface area (Å²) < 4.78 is 18.9. The predicted octanol–water partition coefficient (Wildman–Crippen LogP) is 5.40. The number of anilines is 1. The average molecular weight is 594 g/mol. The van der Waals surface area contributed by atoms with Crippen molar-refractivity contribution in [3.05, 3.63) is 77.6 Å². The maximum absolute atomic E-state index is 14.0. The maximum Gasteiger partial charge on any atom is 0.328 e. The van der Waals surface area contributed by atoms with Gasteiger partial charge in [0.2, 0.25) is 5.91 Å². The highest BCUT2D eigenvalue weighted by atomic mass is 35.5. The summed E-state index contributed by atoms with van der Waals surface area (Å²) in [6, 6.07) is 10.3. The molecular formula is C31H33ClFN5O4. The number of likely N-dealkylation sites (tertiary alicyclic amines) is 1. The number of benzene rings is 1.